The number of nitrogens with zero attached hydrogens (tertiary/aromatic N) is 2. The Balaban J connectivity index is 1.64. The molecule has 35 heavy (non-hydrogen) atoms. The minimum Gasteiger partial charge on any atom is -0.507 e. The second-order valence-electron chi connectivity index (χ2n) is 11.8. The summed E-state index contributed by atoms with van der Waals surface area (Å²) in [4.78, 5) is 20.6. The van der Waals surface area contributed by atoms with Gasteiger partial charge in [0.05, 0.1) is 12.3 Å². The lowest BCUT2D eigenvalue weighted by molar-refractivity contribution is -0.114. The number of carbonyl (C=O) groups excluding carboxylic acids is 1. The summed E-state index contributed by atoms with van der Waals surface area (Å²) in [5, 5.41) is 11.4. The highest BCUT2D eigenvalue weighted by molar-refractivity contribution is 6.43. The number of ketones is 1. The van der Waals surface area contributed by atoms with E-state index in [9.17, 15) is 9.90 Å². The number of aromatic hydroxyl groups is 1. The van der Waals surface area contributed by atoms with Crippen LogP contribution in [0.2, 0.25) is 0 Å². The molecular weight excluding hydrogens is 436 g/mol. The molecule has 4 rings (SSSR count). The SMILES string of the molecule is CCCCCC(C)C(C)c1cc(O)c2c(c1)OC(C)(C)C1CCN=C(C(=O)CN3CCCCC3)C21. The third kappa shape index (κ3) is 5.60. The zero-order chi connectivity index (χ0) is 25.2. The Morgan fingerprint density at radius 1 is 1.20 bits per heavy atom. The second-order valence-corrected chi connectivity index (χ2v) is 11.8. The van der Waals surface area contributed by atoms with E-state index in [1.807, 2.05) is 6.07 Å². The van der Waals surface area contributed by atoms with Crippen molar-refractivity contribution in [1.82, 2.24) is 4.90 Å². The van der Waals surface area contributed by atoms with Crippen LogP contribution in [0.4, 0.5) is 0 Å². The molecule has 3 heterocycles. The molecule has 0 aliphatic carbocycles. The van der Waals surface area contributed by atoms with Crippen LogP contribution in [0.15, 0.2) is 17.1 Å². The van der Waals surface area contributed by atoms with E-state index < -0.39 is 5.60 Å². The summed E-state index contributed by atoms with van der Waals surface area (Å²) in [5.41, 5.74) is 2.11. The highest BCUT2D eigenvalue weighted by Gasteiger charge is 2.49. The molecule has 0 saturated carbocycles. The summed E-state index contributed by atoms with van der Waals surface area (Å²) in [6, 6.07) is 4.06. The van der Waals surface area contributed by atoms with Crippen LogP contribution >= 0.6 is 0 Å². The van der Waals surface area contributed by atoms with Crippen molar-refractivity contribution in [2.75, 3.05) is 26.2 Å². The van der Waals surface area contributed by atoms with Gasteiger partial charge in [-0.3, -0.25) is 14.7 Å². The van der Waals surface area contributed by atoms with Gasteiger partial charge >= 0.3 is 0 Å². The number of likely N-dealkylation sites (tertiary alicyclic amines) is 1. The van der Waals surface area contributed by atoms with Crippen LogP contribution in [0.5, 0.6) is 11.5 Å². The molecule has 1 aromatic carbocycles. The molecule has 4 atom stereocenters. The summed E-state index contributed by atoms with van der Waals surface area (Å²) in [5.74, 6) is 1.89. The van der Waals surface area contributed by atoms with E-state index in [2.05, 4.69) is 45.6 Å². The Kier molecular flexibility index (Phi) is 8.25. The summed E-state index contributed by atoms with van der Waals surface area (Å²) < 4.78 is 6.58. The second kappa shape index (κ2) is 11.0. The number of ether oxygens (including phenoxy) is 1. The average molecular weight is 483 g/mol. The van der Waals surface area contributed by atoms with E-state index >= 15 is 0 Å². The molecule has 5 heteroatoms. The Morgan fingerprint density at radius 2 is 1.94 bits per heavy atom. The number of unbranched alkanes of at least 4 members (excludes halogenated alkanes) is 2. The quantitative estimate of drug-likeness (QED) is 0.409. The molecule has 0 radical (unpaired) electrons. The van der Waals surface area contributed by atoms with Crippen molar-refractivity contribution in [1.29, 1.82) is 0 Å². The first kappa shape index (κ1) is 26.2. The third-order valence-electron chi connectivity index (χ3n) is 8.88. The maximum absolute atomic E-state index is 13.5. The van der Waals surface area contributed by atoms with Gasteiger partial charge in [0.25, 0.3) is 0 Å². The topological polar surface area (TPSA) is 62.1 Å². The normalized spacial score (nSPS) is 25.6. The van der Waals surface area contributed by atoms with E-state index in [0.29, 0.717) is 30.6 Å². The van der Waals surface area contributed by atoms with Gasteiger partial charge in [-0.1, -0.05) is 52.9 Å². The number of phenols is 1. The Bertz CT molecular complexity index is 932. The number of Topliss-reactive ketones (excluding diaryl/α,β-unsaturated/α-hetero) is 1. The molecule has 0 spiro atoms. The lowest BCUT2D eigenvalue weighted by Gasteiger charge is -2.47. The van der Waals surface area contributed by atoms with E-state index in [1.54, 1.807) is 0 Å². The van der Waals surface area contributed by atoms with Crippen LogP contribution in [0, 0.1) is 11.8 Å². The van der Waals surface area contributed by atoms with E-state index in [1.165, 1.54) is 32.1 Å². The molecule has 0 aromatic heterocycles. The number of hydrogen-bond donors (Lipinski definition) is 1. The molecule has 1 aromatic rings. The van der Waals surface area contributed by atoms with Crippen molar-refractivity contribution < 1.29 is 14.6 Å². The largest absolute Gasteiger partial charge is 0.507 e. The van der Waals surface area contributed by atoms with Crippen molar-refractivity contribution in [3.8, 4) is 11.5 Å². The molecule has 3 aliphatic heterocycles. The smallest absolute Gasteiger partial charge is 0.191 e. The van der Waals surface area contributed by atoms with E-state index in [-0.39, 0.29) is 23.4 Å². The molecule has 0 bridgehead atoms. The van der Waals surface area contributed by atoms with Crippen molar-refractivity contribution in [2.24, 2.45) is 16.8 Å². The van der Waals surface area contributed by atoms with Gasteiger partial charge in [0.1, 0.15) is 17.1 Å². The Morgan fingerprint density at radius 3 is 2.66 bits per heavy atom. The molecule has 1 saturated heterocycles. The minimum atomic E-state index is -0.425. The fourth-order valence-electron chi connectivity index (χ4n) is 6.48. The standard InChI is InChI=1S/C30H46N2O3/c1-6-7-9-12-20(2)21(3)22-17-24(33)28-26(18-22)35-30(4,5)23-13-14-31-29(27(23)28)25(34)19-32-15-10-8-11-16-32/h17-18,20-21,23,27,33H,6-16,19H2,1-5H3. The number of benzene rings is 1. The highest BCUT2D eigenvalue weighted by atomic mass is 16.5. The first-order chi connectivity index (χ1) is 16.7. The summed E-state index contributed by atoms with van der Waals surface area (Å²) in [7, 11) is 0. The zero-order valence-electron chi connectivity index (χ0n) is 22.6. The monoisotopic (exact) mass is 482 g/mol. The summed E-state index contributed by atoms with van der Waals surface area (Å²) in [6.45, 7) is 14.1. The van der Waals surface area contributed by atoms with Crippen molar-refractivity contribution in [3.05, 3.63) is 23.3 Å². The maximum atomic E-state index is 13.5. The molecule has 0 amide bonds. The van der Waals surface area contributed by atoms with Gasteiger partial charge in [0.15, 0.2) is 5.78 Å². The number of fused-ring (bicyclic) bond motifs is 3. The van der Waals surface area contributed by atoms with Gasteiger partial charge in [-0.15, -0.1) is 0 Å². The van der Waals surface area contributed by atoms with Gasteiger partial charge in [-0.25, -0.2) is 0 Å². The molecule has 4 unspecified atom stereocenters. The predicted octanol–water partition coefficient (Wildman–Crippen LogP) is 6.48. The maximum Gasteiger partial charge on any atom is 0.191 e. The Labute approximate surface area is 212 Å². The lowest BCUT2D eigenvalue weighted by atomic mass is 9.67. The number of piperidine rings is 1. The molecule has 1 N–H and O–H groups in total. The number of carbonyl (C=O) groups is 1. The zero-order valence-corrected chi connectivity index (χ0v) is 22.6. The van der Waals surface area contributed by atoms with Crippen LogP contribution in [0.25, 0.3) is 0 Å². The first-order valence-electron chi connectivity index (χ1n) is 14.1. The van der Waals surface area contributed by atoms with Gasteiger partial charge in [-0.2, -0.15) is 0 Å². The predicted molar refractivity (Wildman–Crippen MR) is 143 cm³/mol. The summed E-state index contributed by atoms with van der Waals surface area (Å²) >= 11 is 0. The molecular formula is C30H46N2O3. The Hall–Kier alpha value is -1.88. The van der Waals surface area contributed by atoms with Crippen molar-refractivity contribution in [2.45, 2.75) is 103 Å². The molecule has 5 nitrogen and oxygen atoms in total. The highest BCUT2D eigenvalue weighted by Crippen LogP contribution is 2.53. The van der Waals surface area contributed by atoms with Gasteiger partial charge in [0.2, 0.25) is 0 Å². The third-order valence-corrected chi connectivity index (χ3v) is 8.88. The summed E-state index contributed by atoms with van der Waals surface area (Å²) in [6.07, 6.45) is 9.36. The molecule has 3 aliphatic rings. The number of phenolic OH excluding ortho intramolecular Hbond substituents is 1. The van der Waals surface area contributed by atoms with Crippen LogP contribution in [-0.2, 0) is 4.79 Å². The molecule has 194 valence electrons. The molecule has 1 fully saturated rings. The van der Waals surface area contributed by atoms with Crippen LogP contribution < -0.4 is 4.74 Å². The number of hydrogen-bond acceptors (Lipinski definition) is 5. The fraction of sp³-hybridized carbons (Fsp3) is 0.733. The van der Waals surface area contributed by atoms with Crippen molar-refractivity contribution >= 4 is 11.5 Å². The van der Waals surface area contributed by atoms with Crippen LogP contribution in [-0.4, -0.2) is 53.3 Å². The fourth-order valence-corrected chi connectivity index (χ4v) is 6.48. The first-order valence-corrected chi connectivity index (χ1v) is 14.1. The van der Waals surface area contributed by atoms with Gasteiger partial charge < -0.3 is 9.84 Å². The van der Waals surface area contributed by atoms with Gasteiger partial charge in [0, 0.05) is 23.9 Å². The number of aliphatic imine (C=N–C) groups is 1. The van der Waals surface area contributed by atoms with Gasteiger partial charge in [-0.05, 0) is 75.7 Å². The van der Waals surface area contributed by atoms with E-state index in [4.69, 9.17) is 9.73 Å². The number of rotatable bonds is 9. The lowest BCUT2D eigenvalue weighted by Crippen LogP contribution is -2.51. The van der Waals surface area contributed by atoms with Crippen molar-refractivity contribution in [3.63, 3.8) is 0 Å². The average Bonchev–Trinajstić information content (AvgIpc) is 2.83. The van der Waals surface area contributed by atoms with E-state index in [0.717, 1.165) is 49.2 Å². The van der Waals surface area contributed by atoms with Crippen LogP contribution in [0.3, 0.4) is 0 Å². The minimum absolute atomic E-state index is 0.117. The van der Waals surface area contributed by atoms with Crippen LogP contribution in [0.1, 0.15) is 109 Å².